The van der Waals surface area contributed by atoms with Crippen molar-refractivity contribution in [2.45, 2.75) is 19.1 Å². The Bertz CT molecular complexity index is 494. The molecule has 1 fully saturated rings. The van der Waals surface area contributed by atoms with Crippen LogP contribution in [0.4, 0.5) is 11.4 Å². The van der Waals surface area contributed by atoms with Crippen molar-refractivity contribution in [3.63, 3.8) is 0 Å². The number of ether oxygens (including phenoxy) is 2. The van der Waals surface area contributed by atoms with Crippen LogP contribution in [-0.4, -0.2) is 49.0 Å². The van der Waals surface area contributed by atoms with E-state index in [4.69, 9.17) is 9.47 Å². The Morgan fingerprint density at radius 1 is 1.50 bits per heavy atom. The number of methoxy groups -OCH3 is 1. The summed E-state index contributed by atoms with van der Waals surface area (Å²) in [5.41, 5.74) is 0.684. The van der Waals surface area contributed by atoms with Crippen molar-refractivity contribution in [1.29, 1.82) is 0 Å². The Morgan fingerprint density at radius 3 is 2.85 bits per heavy atom. The third kappa shape index (κ3) is 3.17. The molecule has 7 nitrogen and oxygen atoms in total. The first kappa shape index (κ1) is 14.5. The fraction of sp³-hybridized carbons (Fsp3) is 0.538. The molecule has 110 valence electrons. The van der Waals surface area contributed by atoms with Gasteiger partial charge in [-0.2, -0.15) is 0 Å². The minimum absolute atomic E-state index is 0.0148. The summed E-state index contributed by atoms with van der Waals surface area (Å²) in [5, 5.41) is 20.2. The smallest absolute Gasteiger partial charge is 0.275 e. The van der Waals surface area contributed by atoms with Gasteiger partial charge in [0.25, 0.3) is 5.69 Å². The highest BCUT2D eigenvalue weighted by Crippen LogP contribution is 2.30. The van der Waals surface area contributed by atoms with E-state index in [1.807, 2.05) is 11.8 Å². The summed E-state index contributed by atoms with van der Waals surface area (Å²) in [5.74, 6) is 0.439. The fourth-order valence-corrected chi connectivity index (χ4v) is 2.33. The van der Waals surface area contributed by atoms with Gasteiger partial charge >= 0.3 is 0 Å². The number of aliphatic hydroxyl groups excluding tert-OH is 1. The minimum Gasteiger partial charge on any atom is -0.496 e. The number of anilines is 1. The number of nitro benzene ring substituents is 1. The molecule has 2 rings (SSSR count). The van der Waals surface area contributed by atoms with Crippen molar-refractivity contribution >= 4 is 11.4 Å². The molecule has 1 aliphatic rings. The van der Waals surface area contributed by atoms with Gasteiger partial charge in [-0.1, -0.05) is 0 Å². The van der Waals surface area contributed by atoms with E-state index in [9.17, 15) is 15.2 Å². The van der Waals surface area contributed by atoms with Crippen LogP contribution in [0.5, 0.6) is 5.75 Å². The van der Waals surface area contributed by atoms with Crippen LogP contribution in [0.25, 0.3) is 0 Å². The minimum atomic E-state index is -0.445. The largest absolute Gasteiger partial charge is 0.496 e. The van der Waals surface area contributed by atoms with Crippen LogP contribution in [0.15, 0.2) is 18.2 Å². The predicted octanol–water partition coefficient (Wildman–Crippen LogP) is 1.19. The van der Waals surface area contributed by atoms with Crippen molar-refractivity contribution in [2.75, 3.05) is 31.7 Å². The number of non-ortho nitro benzene ring substituents is 1. The monoisotopic (exact) mass is 282 g/mol. The molecule has 0 amide bonds. The van der Waals surface area contributed by atoms with Gasteiger partial charge in [0, 0.05) is 30.9 Å². The first-order valence-electron chi connectivity index (χ1n) is 6.38. The molecule has 0 bridgehead atoms. The zero-order valence-corrected chi connectivity index (χ0v) is 11.5. The summed E-state index contributed by atoms with van der Waals surface area (Å²) in [7, 11) is 1.47. The number of hydrogen-bond donors (Lipinski definition) is 1. The summed E-state index contributed by atoms with van der Waals surface area (Å²) in [4.78, 5) is 12.5. The van der Waals surface area contributed by atoms with Crippen molar-refractivity contribution in [3.8, 4) is 5.75 Å². The molecule has 1 saturated heterocycles. The number of morpholine rings is 1. The lowest BCUT2D eigenvalue weighted by Crippen LogP contribution is -2.48. The van der Waals surface area contributed by atoms with E-state index >= 15 is 0 Å². The van der Waals surface area contributed by atoms with Gasteiger partial charge in [-0.15, -0.1) is 0 Å². The highest BCUT2D eigenvalue weighted by Gasteiger charge is 2.26. The van der Waals surface area contributed by atoms with Gasteiger partial charge in [0.05, 0.1) is 36.9 Å². The molecular formula is C13H18N2O5. The third-order valence-corrected chi connectivity index (χ3v) is 3.22. The molecule has 0 saturated carbocycles. The van der Waals surface area contributed by atoms with Crippen molar-refractivity contribution in [3.05, 3.63) is 28.3 Å². The highest BCUT2D eigenvalue weighted by molar-refractivity contribution is 5.58. The predicted molar refractivity (Wildman–Crippen MR) is 73.3 cm³/mol. The molecule has 0 spiro atoms. The van der Waals surface area contributed by atoms with Crippen LogP contribution >= 0.6 is 0 Å². The van der Waals surface area contributed by atoms with Crippen LogP contribution in [0.3, 0.4) is 0 Å². The van der Waals surface area contributed by atoms with Gasteiger partial charge in [-0.25, -0.2) is 0 Å². The Kier molecular flexibility index (Phi) is 4.41. The van der Waals surface area contributed by atoms with Gasteiger partial charge in [-0.05, 0) is 6.92 Å². The average Bonchev–Trinajstić information content (AvgIpc) is 2.45. The molecule has 2 unspecified atom stereocenters. The average molecular weight is 282 g/mol. The van der Waals surface area contributed by atoms with Crippen molar-refractivity contribution in [2.24, 2.45) is 0 Å². The molecule has 0 radical (unpaired) electrons. The second-order valence-electron chi connectivity index (χ2n) is 4.80. The van der Waals surface area contributed by atoms with Gasteiger partial charge < -0.3 is 19.5 Å². The Hall–Kier alpha value is -1.86. The Balaban J connectivity index is 2.30. The second kappa shape index (κ2) is 6.06. The second-order valence-corrected chi connectivity index (χ2v) is 4.80. The van der Waals surface area contributed by atoms with Crippen LogP contribution < -0.4 is 9.64 Å². The van der Waals surface area contributed by atoms with Crippen LogP contribution in [0.1, 0.15) is 6.92 Å². The maximum atomic E-state index is 11.0. The van der Waals surface area contributed by atoms with Crippen molar-refractivity contribution < 1.29 is 19.5 Å². The number of rotatable bonds is 4. The van der Waals surface area contributed by atoms with Crippen LogP contribution in [-0.2, 0) is 4.74 Å². The standard InChI is InChI=1S/C13H18N2O5/c1-9-6-14(7-13(8-16)20-9)10-3-11(15(17)18)5-12(4-10)19-2/h3-5,9,13,16H,6-8H2,1-2H3. The summed E-state index contributed by atoms with van der Waals surface area (Å²) in [6.07, 6.45) is -0.338. The van der Waals surface area contributed by atoms with E-state index < -0.39 is 4.92 Å². The van der Waals surface area contributed by atoms with Crippen LogP contribution in [0.2, 0.25) is 0 Å². The van der Waals surface area contributed by atoms with Crippen LogP contribution in [0, 0.1) is 10.1 Å². The van der Waals surface area contributed by atoms with Crippen molar-refractivity contribution in [1.82, 2.24) is 0 Å². The maximum Gasteiger partial charge on any atom is 0.275 e. The molecule has 1 aromatic rings. The SMILES string of the molecule is COc1cc(N2CC(C)OC(CO)C2)cc([N+](=O)[O-])c1. The molecule has 2 atom stereocenters. The molecule has 7 heteroatoms. The molecule has 0 aromatic heterocycles. The van der Waals surface area contributed by atoms with E-state index in [2.05, 4.69) is 0 Å². The molecule has 20 heavy (non-hydrogen) atoms. The number of hydrogen-bond acceptors (Lipinski definition) is 6. The highest BCUT2D eigenvalue weighted by atomic mass is 16.6. The van der Waals surface area contributed by atoms with E-state index in [0.29, 0.717) is 24.5 Å². The Labute approximate surface area is 116 Å². The fourth-order valence-electron chi connectivity index (χ4n) is 2.33. The maximum absolute atomic E-state index is 11.0. The van der Waals surface area contributed by atoms with Gasteiger partial charge in [0.15, 0.2) is 0 Å². The zero-order chi connectivity index (χ0) is 14.7. The number of nitro groups is 1. The lowest BCUT2D eigenvalue weighted by molar-refractivity contribution is -0.384. The molecule has 1 aromatic carbocycles. The molecule has 1 heterocycles. The summed E-state index contributed by atoms with van der Waals surface area (Å²) in [6.45, 7) is 2.93. The summed E-state index contributed by atoms with van der Waals surface area (Å²) >= 11 is 0. The lowest BCUT2D eigenvalue weighted by Gasteiger charge is -2.37. The van der Waals surface area contributed by atoms with E-state index in [0.717, 1.165) is 0 Å². The first-order chi connectivity index (χ1) is 9.53. The van der Waals surface area contributed by atoms with E-state index in [-0.39, 0.29) is 24.5 Å². The summed E-state index contributed by atoms with van der Waals surface area (Å²) < 4.78 is 10.7. The lowest BCUT2D eigenvalue weighted by atomic mass is 10.1. The quantitative estimate of drug-likeness (QED) is 0.659. The van der Waals surface area contributed by atoms with Gasteiger partial charge in [0.2, 0.25) is 0 Å². The van der Waals surface area contributed by atoms with Gasteiger partial charge in [-0.3, -0.25) is 10.1 Å². The number of benzene rings is 1. The normalized spacial score (nSPS) is 22.6. The zero-order valence-electron chi connectivity index (χ0n) is 11.5. The Morgan fingerprint density at radius 2 is 2.25 bits per heavy atom. The van der Waals surface area contributed by atoms with Gasteiger partial charge in [0.1, 0.15) is 5.75 Å². The van der Waals surface area contributed by atoms with E-state index in [1.54, 1.807) is 6.07 Å². The molecule has 1 aliphatic heterocycles. The molecular weight excluding hydrogens is 264 g/mol. The van der Waals surface area contributed by atoms with E-state index in [1.165, 1.54) is 19.2 Å². The summed E-state index contributed by atoms with van der Waals surface area (Å²) in [6, 6.07) is 4.64. The third-order valence-electron chi connectivity index (χ3n) is 3.22. The molecule has 0 aliphatic carbocycles. The first-order valence-corrected chi connectivity index (χ1v) is 6.38. The molecule has 1 N–H and O–H groups in total. The number of nitrogens with zero attached hydrogens (tertiary/aromatic N) is 2. The number of aliphatic hydroxyl groups is 1. The topological polar surface area (TPSA) is 85.1 Å².